The number of hydrogen-bond donors (Lipinski definition) is 1. The SMILES string of the molecule is Cc1cc(C)cc(-c2nnnn2CC2(C(=O)O)CCC2)c1. The van der Waals surface area contributed by atoms with E-state index in [9.17, 15) is 9.90 Å². The minimum absolute atomic E-state index is 0.331. The first-order valence-corrected chi connectivity index (χ1v) is 7.08. The molecule has 1 heterocycles. The summed E-state index contributed by atoms with van der Waals surface area (Å²) in [6, 6.07) is 6.12. The van der Waals surface area contributed by atoms with E-state index in [-0.39, 0.29) is 0 Å². The maximum atomic E-state index is 11.5. The van der Waals surface area contributed by atoms with Crippen LogP contribution in [0.5, 0.6) is 0 Å². The zero-order valence-corrected chi connectivity index (χ0v) is 12.2. The second kappa shape index (κ2) is 4.95. The number of aromatic nitrogens is 4. The quantitative estimate of drug-likeness (QED) is 0.932. The summed E-state index contributed by atoms with van der Waals surface area (Å²) >= 11 is 0. The topological polar surface area (TPSA) is 80.9 Å². The third-order valence-electron chi connectivity index (χ3n) is 4.23. The van der Waals surface area contributed by atoms with Gasteiger partial charge in [0.2, 0.25) is 0 Å². The van der Waals surface area contributed by atoms with Crippen molar-refractivity contribution in [2.45, 2.75) is 39.7 Å². The molecule has 6 heteroatoms. The van der Waals surface area contributed by atoms with Crippen LogP contribution in [-0.2, 0) is 11.3 Å². The van der Waals surface area contributed by atoms with Crippen molar-refractivity contribution in [2.24, 2.45) is 5.41 Å². The summed E-state index contributed by atoms with van der Waals surface area (Å²) in [4.78, 5) is 11.5. The number of carbonyl (C=O) groups is 1. The predicted octanol–water partition coefficient (Wildman–Crippen LogP) is 2.21. The summed E-state index contributed by atoms with van der Waals surface area (Å²) in [6.07, 6.45) is 2.33. The van der Waals surface area contributed by atoms with E-state index < -0.39 is 11.4 Å². The van der Waals surface area contributed by atoms with Gasteiger partial charge in [-0.05, 0) is 49.2 Å². The molecule has 0 saturated heterocycles. The Morgan fingerprint density at radius 2 is 1.95 bits per heavy atom. The molecule has 0 radical (unpaired) electrons. The third kappa shape index (κ3) is 2.41. The average Bonchev–Trinajstić information content (AvgIpc) is 2.80. The van der Waals surface area contributed by atoms with Crippen molar-refractivity contribution < 1.29 is 9.90 Å². The number of carboxylic acids is 1. The number of rotatable bonds is 4. The summed E-state index contributed by atoms with van der Waals surface area (Å²) in [5.74, 6) is -0.120. The molecule has 21 heavy (non-hydrogen) atoms. The summed E-state index contributed by atoms with van der Waals surface area (Å²) < 4.78 is 1.63. The molecule has 1 saturated carbocycles. The van der Waals surface area contributed by atoms with E-state index in [1.807, 2.05) is 26.0 Å². The van der Waals surface area contributed by atoms with Crippen LogP contribution in [0.3, 0.4) is 0 Å². The van der Waals surface area contributed by atoms with Gasteiger partial charge < -0.3 is 5.11 Å². The lowest BCUT2D eigenvalue weighted by atomic mass is 9.69. The molecule has 3 rings (SSSR count). The van der Waals surface area contributed by atoms with Crippen LogP contribution in [0, 0.1) is 19.3 Å². The molecular weight excluding hydrogens is 268 g/mol. The lowest BCUT2D eigenvalue weighted by molar-refractivity contribution is -0.156. The van der Waals surface area contributed by atoms with Crippen LogP contribution in [0.4, 0.5) is 0 Å². The van der Waals surface area contributed by atoms with Gasteiger partial charge in [-0.2, -0.15) is 0 Å². The van der Waals surface area contributed by atoms with Crippen molar-refractivity contribution >= 4 is 5.97 Å². The molecular formula is C15H18N4O2. The third-order valence-corrected chi connectivity index (χ3v) is 4.23. The second-order valence-corrected chi connectivity index (χ2v) is 5.98. The molecule has 1 N–H and O–H groups in total. The fraction of sp³-hybridized carbons (Fsp3) is 0.467. The Hall–Kier alpha value is -2.24. The van der Waals surface area contributed by atoms with Gasteiger partial charge in [-0.25, -0.2) is 4.68 Å². The van der Waals surface area contributed by atoms with E-state index in [0.29, 0.717) is 25.2 Å². The zero-order chi connectivity index (χ0) is 15.0. The Labute approximate surface area is 122 Å². The Morgan fingerprint density at radius 3 is 2.48 bits per heavy atom. The molecule has 1 aliphatic rings. The highest BCUT2D eigenvalue weighted by Gasteiger charge is 2.45. The number of aliphatic carboxylic acids is 1. The molecule has 1 aliphatic carbocycles. The monoisotopic (exact) mass is 286 g/mol. The lowest BCUT2D eigenvalue weighted by Gasteiger charge is -2.37. The summed E-state index contributed by atoms with van der Waals surface area (Å²) in [7, 11) is 0. The molecule has 0 unspecified atom stereocenters. The summed E-state index contributed by atoms with van der Waals surface area (Å²) in [6.45, 7) is 4.38. The minimum Gasteiger partial charge on any atom is -0.481 e. The maximum absolute atomic E-state index is 11.5. The van der Waals surface area contributed by atoms with Gasteiger partial charge in [0.15, 0.2) is 5.82 Å². The van der Waals surface area contributed by atoms with Crippen molar-refractivity contribution in [3.8, 4) is 11.4 Å². The first-order valence-electron chi connectivity index (χ1n) is 7.08. The number of benzene rings is 1. The predicted molar refractivity (Wildman–Crippen MR) is 76.6 cm³/mol. The molecule has 1 fully saturated rings. The Kier molecular flexibility index (Phi) is 3.23. The Balaban J connectivity index is 1.96. The van der Waals surface area contributed by atoms with Gasteiger partial charge >= 0.3 is 5.97 Å². The number of carboxylic acid groups (broad SMARTS) is 1. The Morgan fingerprint density at radius 1 is 1.29 bits per heavy atom. The van der Waals surface area contributed by atoms with Gasteiger partial charge in [-0.1, -0.05) is 23.6 Å². The highest BCUT2D eigenvalue weighted by Crippen LogP contribution is 2.43. The van der Waals surface area contributed by atoms with Crippen LogP contribution in [-0.4, -0.2) is 31.3 Å². The molecule has 0 aliphatic heterocycles. The van der Waals surface area contributed by atoms with Crippen LogP contribution < -0.4 is 0 Å². The van der Waals surface area contributed by atoms with E-state index in [2.05, 4.69) is 21.6 Å². The normalized spacial score (nSPS) is 16.5. The molecule has 0 spiro atoms. The van der Waals surface area contributed by atoms with E-state index >= 15 is 0 Å². The van der Waals surface area contributed by atoms with E-state index in [0.717, 1.165) is 23.1 Å². The molecule has 0 atom stereocenters. The average molecular weight is 286 g/mol. The second-order valence-electron chi connectivity index (χ2n) is 5.98. The first kappa shape index (κ1) is 13.7. The maximum Gasteiger partial charge on any atom is 0.311 e. The number of hydrogen-bond acceptors (Lipinski definition) is 4. The highest BCUT2D eigenvalue weighted by molar-refractivity contribution is 5.75. The van der Waals surface area contributed by atoms with Gasteiger partial charge in [0, 0.05) is 5.56 Å². The first-order chi connectivity index (χ1) is 10.00. The number of nitrogens with zero attached hydrogens (tertiary/aromatic N) is 4. The molecule has 1 aromatic carbocycles. The number of aryl methyl sites for hydroxylation is 2. The summed E-state index contributed by atoms with van der Waals surface area (Å²) in [5.41, 5.74) is 2.49. The van der Waals surface area contributed by atoms with Crippen molar-refractivity contribution in [3.05, 3.63) is 29.3 Å². The van der Waals surface area contributed by atoms with Crippen LogP contribution in [0.25, 0.3) is 11.4 Å². The van der Waals surface area contributed by atoms with Crippen molar-refractivity contribution in [1.82, 2.24) is 20.2 Å². The van der Waals surface area contributed by atoms with E-state index in [1.165, 1.54) is 0 Å². The molecule has 1 aromatic heterocycles. The fourth-order valence-corrected chi connectivity index (χ4v) is 2.95. The largest absolute Gasteiger partial charge is 0.481 e. The zero-order valence-electron chi connectivity index (χ0n) is 12.2. The standard InChI is InChI=1S/C15H18N4O2/c1-10-6-11(2)8-12(7-10)13-16-17-18-19(13)9-15(14(20)21)4-3-5-15/h6-8H,3-5,9H2,1-2H3,(H,20,21). The van der Waals surface area contributed by atoms with Gasteiger partial charge in [0.25, 0.3) is 0 Å². The molecule has 6 nitrogen and oxygen atoms in total. The van der Waals surface area contributed by atoms with Crippen molar-refractivity contribution in [3.63, 3.8) is 0 Å². The van der Waals surface area contributed by atoms with Crippen LogP contribution in [0.2, 0.25) is 0 Å². The van der Waals surface area contributed by atoms with Crippen molar-refractivity contribution in [2.75, 3.05) is 0 Å². The van der Waals surface area contributed by atoms with E-state index in [4.69, 9.17) is 0 Å². The van der Waals surface area contributed by atoms with Crippen molar-refractivity contribution in [1.29, 1.82) is 0 Å². The van der Waals surface area contributed by atoms with Gasteiger partial charge in [0.05, 0.1) is 12.0 Å². The fourth-order valence-electron chi connectivity index (χ4n) is 2.95. The van der Waals surface area contributed by atoms with E-state index in [1.54, 1.807) is 4.68 Å². The summed E-state index contributed by atoms with van der Waals surface area (Å²) in [5, 5.41) is 21.3. The minimum atomic E-state index is -0.754. The molecule has 2 aromatic rings. The smallest absolute Gasteiger partial charge is 0.311 e. The Bertz CT molecular complexity index is 668. The van der Waals surface area contributed by atoms with Gasteiger partial charge in [0.1, 0.15) is 0 Å². The van der Waals surface area contributed by atoms with Crippen LogP contribution in [0.15, 0.2) is 18.2 Å². The molecule has 0 amide bonds. The molecule has 0 bridgehead atoms. The van der Waals surface area contributed by atoms with Gasteiger partial charge in [-0.15, -0.1) is 5.10 Å². The van der Waals surface area contributed by atoms with Crippen LogP contribution >= 0.6 is 0 Å². The van der Waals surface area contributed by atoms with Gasteiger partial charge in [-0.3, -0.25) is 4.79 Å². The van der Waals surface area contributed by atoms with Crippen LogP contribution in [0.1, 0.15) is 30.4 Å². The lowest BCUT2D eigenvalue weighted by Crippen LogP contribution is -2.42. The number of tetrazole rings is 1. The highest BCUT2D eigenvalue weighted by atomic mass is 16.4. The molecule has 110 valence electrons.